The van der Waals surface area contributed by atoms with Gasteiger partial charge in [-0.15, -0.1) is 0 Å². The SMILES string of the molecule is Cc1cc(OCc2n[nH]c3ncccc23)c(C(C)(C)C)cc1C#N. The first-order valence-corrected chi connectivity index (χ1v) is 7.86. The molecule has 0 fully saturated rings. The summed E-state index contributed by atoms with van der Waals surface area (Å²) >= 11 is 0. The van der Waals surface area contributed by atoms with Crippen molar-refractivity contribution in [2.45, 2.75) is 39.7 Å². The smallest absolute Gasteiger partial charge is 0.155 e. The number of ether oxygens (including phenoxy) is 1. The minimum Gasteiger partial charge on any atom is -0.487 e. The molecule has 0 saturated heterocycles. The van der Waals surface area contributed by atoms with Crippen LogP contribution in [0.3, 0.4) is 0 Å². The number of benzene rings is 1. The Labute approximate surface area is 141 Å². The highest BCUT2D eigenvalue weighted by molar-refractivity contribution is 5.77. The molecule has 0 amide bonds. The maximum absolute atomic E-state index is 9.29. The van der Waals surface area contributed by atoms with Gasteiger partial charge in [0.1, 0.15) is 18.1 Å². The quantitative estimate of drug-likeness (QED) is 0.791. The zero-order valence-electron chi connectivity index (χ0n) is 14.3. The molecular weight excluding hydrogens is 300 g/mol. The summed E-state index contributed by atoms with van der Waals surface area (Å²) in [6, 6.07) is 9.96. The van der Waals surface area contributed by atoms with Crippen molar-refractivity contribution in [1.29, 1.82) is 5.26 Å². The van der Waals surface area contributed by atoms with Crippen LogP contribution in [0.15, 0.2) is 30.5 Å². The fourth-order valence-corrected chi connectivity index (χ4v) is 2.67. The topological polar surface area (TPSA) is 74.6 Å². The van der Waals surface area contributed by atoms with E-state index >= 15 is 0 Å². The van der Waals surface area contributed by atoms with E-state index in [1.165, 1.54) is 0 Å². The number of aryl methyl sites for hydroxylation is 1. The lowest BCUT2D eigenvalue weighted by molar-refractivity contribution is 0.294. The molecule has 0 unspecified atom stereocenters. The average Bonchev–Trinajstić information content (AvgIpc) is 2.95. The number of H-pyrrole nitrogens is 1. The third-order valence-corrected chi connectivity index (χ3v) is 4.03. The number of aromatic nitrogens is 3. The van der Waals surface area contributed by atoms with Crippen molar-refractivity contribution in [3.63, 3.8) is 0 Å². The molecule has 3 aromatic rings. The van der Waals surface area contributed by atoms with Crippen LogP contribution in [0.1, 0.15) is 43.2 Å². The van der Waals surface area contributed by atoms with Crippen LogP contribution in [-0.4, -0.2) is 15.2 Å². The van der Waals surface area contributed by atoms with Gasteiger partial charge in [-0.2, -0.15) is 10.4 Å². The molecule has 0 saturated carbocycles. The maximum atomic E-state index is 9.29. The molecule has 0 atom stereocenters. The number of nitrogens with zero attached hydrogens (tertiary/aromatic N) is 3. The number of rotatable bonds is 3. The molecule has 5 heteroatoms. The van der Waals surface area contributed by atoms with Gasteiger partial charge in [0.15, 0.2) is 5.65 Å². The molecule has 2 aromatic heterocycles. The fourth-order valence-electron chi connectivity index (χ4n) is 2.67. The minimum absolute atomic E-state index is 0.121. The zero-order chi connectivity index (χ0) is 17.3. The zero-order valence-corrected chi connectivity index (χ0v) is 14.3. The van der Waals surface area contributed by atoms with Gasteiger partial charge in [-0.3, -0.25) is 5.10 Å². The summed E-state index contributed by atoms with van der Waals surface area (Å²) in [4.78, 5) is 4.24. The van der Waals surface area contributed by atoms with Gasteiger partial charge < -0.3 is 4.74 Å². The molecule has 24 heavy (non-hydrogen) atoms. The van der Waals surface area contributed by atoms with E-state index in [9.17, 15) is 5.26 Å². The highest BCUT2D eigenvalue weighted by atomic mass is 16.5. The number of hydrogen-bond acceptors (Lipinski definition) is 4. The first-order chi connectivity index (χ1) is 11.4. The van der Waals surface area contributed by atoms with Gasteiger partial charge in [-0.05, 0) is 42.2 Å². The first kappa shape index (κ1) is 16.0. The van der Waals surface area contributed by atoms with Gasteiger partial charge in [-0.25, -0.2) is 4.98 Å². The van der Waals surface area contributed by atoms with E-state index in [1.54, 1.807) is 6.20 Å². The molecule has 0 radical (unpaired) electrons. The first-order valence-electron chi connectivity index (χ1n) is 7.86. The Kier molecular flexibility index (Phi) is 3.98. The number of nitriles is 1. The van der Waals surface area contributed by atoms with Crippen molar-refractivity contribution in [2.24, 2.45) is 0 Å². The number of aromatic amines is 1. The van der Waals surface area contributed by atoms with Gasteiger partial charge >= 0.3 is 0 Å². The molecule has 0 spiro atoms. The summed E-state index contributed by atoms with van der Waals surface area (Å²) in [5.41, 5.74) is 4.06. The van der Waals surface area contributed by atoms with Gasteiger partial charge in [0.05, 0.1) is 11.6 Å². The van der Waals surface area contributed by atoms with E-state index < -0.39 is 0 Å². The molecule has 0 aliphatic carbocycles. The monoisotopic (exact) mass is 320 g/mol. The van der Waals surface area contributed by atoms with Gasteiger partial charge in [0, 0.05) is 17.1 Å². The van der Waals surface area contributed by atoms with Crippen molar-refractivity contribution >= 4 is 11.0 Å². The van der Waals surface area contributed by atoms with E-state index in [-0.39, 0.29) is 5.41 Å². The van der Waals surface area contributed by atoms with Crippen molar-refractivity contribution in [3.8, 4) is 11.8 Å². The average molecular weight is 320 g/mol. The summed E-state index contributed by atoms with van der Waals surface area (Å²) in [5.74, 6) is 0.791. The molecule has 0 bridgehead atoms. The largest absolute Gasteiger partial charge is 0.487 e. The highest BCUT2D eigenvalue weighted by Gasteiger charge is 2.21. The fraction of sp³-hybridized carbons (Fsp3) is 0.316. The third-order valence-electron chi connectivity index (χ3n) is 4.03. The van der Waals surface area contributed by atoms with Crippen molar-refractivity contribution in [2.75, 3.05) is 0 Å². The van der Waals surface area contributed by atoms with Crippen LogP contribution in [0.25, 0.3) is 11.0 Å². The molecular formula is C19H20N4O. The number of pyridine rings is 1. The van der Waals surface area contributed by atoms with Crippen molar-refractivity contribution < 1.29 is 4.74 Å². The normalized spacial score (nSPS) is 11.5. The van der Waals surface area contributed by atoms with Gasteiger partial charge in [0.25, 0.3) is 0 Å². The molecule has 1 N–H and O–H groups in total. The van der Waals surface area contributed by atoms with Gasteiger partial charge in [-0.1, -0.05) is 20.8 Å². The van der Waals surface area contributed by atoms with Crippen LogP contribution >= 0.6 is 0 Å². The van der Waals surface area contributed by atoms with Gasteiger partial charge in [0.2, 0.25) is 0 Å². The number of fused-ring (bicyclic) bond motifs is 1. The minimum atomic E-state index is -0.121. The predicted octanol–water partition coefficient (Wildman–Crippen LogP) is 4.01. The molecule has 5 nitrogen and oxygen atoms in total. The lowest BCUT2D eigenvalue weighted by atomic mass is 9.84. The summed E-state index contributed by atoms with van der Waals surface area (Å²) < 4.78 is 6.08. The van der Waals surface area contributed by atoms with Crippen LogP contribution in [0.2, 0.25) is 0 Å². The van der Waals surface area contributed by atoms with Crippen LogP contribution in [0.5, 0.6) is 5.75 Å². The van der Waals surface area contributed by atoms with E-state index in [0.717, 1.165) is 33.6 Å². The Hall–Kier alpha value is -2.87. The highest BCUT2D eigenvalue weighted by Crippen LogP contribution is 2.34. The number of nitrogens with one attached hydrogen (secondary N) is 1. The molecule has 1 aromatic carbocycles. The maximum Gasteiger partial charge on any atom is 0.155 e. The van der Waals surface area contributed by atoms with Crippen molar-refractivity contribution in [1.82, 2.24) is 15.2 Å². The Morgan fingerprint density at radius 1 is 1.29 bits per heavy atom. The Morgan fingerprint density at radius 2 is 2.08 bits per heavy atom. The predicted molar refractivity (Wildman–Crippen MR) is 92.8 cm³/mol. The Morgan fingerprint density at radius 3 is 2.79 bits per heavy atom. The van der Waals surface area contributed by atoms with E-state index in [0.29, 0.717) is 12.2 Å². The summed E-state index contributed by atoms with van der Waals surface area (Å²) in [5, 5.41) is 17.5. The lowest BCUT2D eigenvalue weighted by Gasteiger charge is -2.23. The van der Waals surface area contributed by atoms with Crippen LogP contribution in [0, 0.1) is 18.3 Å². The Bertz CT molecular complexity index is 929. The molecule has 3 rings (SSSR count). The Balaban J connectivity index is 1.95. The van der Waals surface area contributed by atoms with Crippen molar-refractivity contribution in [3.05, 3.63) is 52.8 Å². The van der Waals surface area contributed by atoms with E-state index in [2.05, 4.69) is 42.0 Å². The number of hydrogen-bond donors (Lipinski definition) is 1. The standard InChI is InChI=1S/C19H20N4O/c1-12-8-17(15(19(2,3)4)9-13(12)10-20)24-11-16-14-6-5-7-21-18(14)23-22-16/h5-9H,11H2,1-4H3,(H,21,22,23). The van der Waals surface area contributed by atoms with Crippen LogP contribution < -0.4 is 4.74 Å². The summed E-state index contributed by atoms with van der Waals surface area (Å²) in [6.45, 7) is 8.60. The van der Waals surface area contributed by atoms with E-state index in [1.807, 2.05) is 31.2 Å². The second-order valence-electron chi connectivity index (χ2n) is 6.88. The second-order valence-corrected chi connectivity index (χ2v) is 6.88. The summed E-state index contributed by atoms with van der Waals surface area (Å²) in [6.07, 6.45) is 1.73. The summed E-state index contributed by atoms with van der Waals surface area (Å²) in [7, 11) is 0. The lowest BCUT2D eigenvalue weighted by Crippen LogP contribution is -2.14. The van der Waals surface area contributed by atoms with E-state index in [4.69, 9.17) is 4.74 Å². The molecule has 122 valence electrons. The molecule has 0 aliphatic rings. The third kappa shape index (κ3) is 2.95. The van der Waals surface area contributed by atoms with Crippen LogP contribution in [-0.2, 0) is 12.0 Å². The molecule has 2 heterocycles. The van der Waals surface area contributed by atoms with Crippen LogP contribution in [0.4, 0.5) is 0 Å². The molecule has 0 aliphatic heterocycles. The second kappa shape index (κ2) is 5.97.